The average molecular weight is 635 g/mol. The van der Waals surface area contributed by atoms with Gasteiger partial charge in [-0.25, -0.2) is 8.42 Å². The Hall–Kier alpha value is -3.27. The van der Waals surface area contributed by atoms with E-state index in [0.717, 1.165) is 16.3 Å². The van der Waals surface area contributed by atoms with Crippen molar-refractivity contribution in [2.24, 2.45) is 0 Å². The van der Waals surface area contributed by atoms with Gasteiger partial charge in [-0.3, -0.25) is 13.9 Å². The molecule has 2 atom stereocenters. The fraction of sp³-hybridized carbons (Fsp3) is 0.355. The topological polar surface area (TPSA) is 96.0 Å². The first-order chi connectivity index (χ1) is 20.0. The van der Waals surface area contributed by atoms with Crippen molar-refractivity contribution in [3.63, 3.8) is 0 Å². The zero-order valence-electron chi connectivity index (χ0n) is 24.2. The number of hydrogen-bond acceptors (Lipinski definition) is 5. The molecule has 11 heteroatoms. The van der Waals surface area contributed by atoms with Crippen LogP contribution in [0.2, 0.25) is 10.0 Å². The Morgan fingerprint density at radius 2 is 1.43 bits per heavy atom. The largest absolute Gasteiger partial charge is 0.494 e. The summed E-state index contributed by atoms with van der Waals surface area (Å²) < 4.78 is 34.5. The van der Waals surface area contributed by atoms with Crippen molar-refractivity contribution < 1.29 is 22.7 Å². The summed E-state index contributed by atoms with van der Waals surface area (Å²) in [6, 6.07) is 18.2. The SMILES string of the molecule is CCOc1ccc(N(CC(=O)N(Cc2ccc(Cl)cc2)[C@@H](CC)C(=O)N[C@@H](C)CC)S(=O)(=O)c2ccc(Cl)cc2)cc1. The summed E-state index contributed by atoms with van der Waals surface area (Å²) in [4.78, 5) is 28.9. The minimum Gasteiger partial charge on any atom is -0.494 e. The van der Waals surface area contributed by atoms with Gasteiger partial charge in [0.1, 0.15) is 18.3 Å². The van der Waals surface area contributed by atoms with Gasteiger partial charge in [-0.2, -0.15) is 0 Å². The van der Waals surface area contributed by atoms with Crippen LogP contribution in [0.15, 0.2) is 77.7 Å². The maximum absolute atomic E-state index is 14.1. The highest BCUT2D eigenvalue weighted by Crippen LogP contribution is 2.27. The van der Waals surface area contributed by atoms with E-state index < -0.39 is 28.5 Å². The Labute approximate surface area is 258 Å². The van der Waals surface area contributed by atoms with Crippen LogP contribution in [-0.2, 0) is 26.2 Å². The fourth-order valence-electron chi connectivity index (χ4n) is 4.28. The minimum atomic E-state index is -4.21. The molecule has 0 aromatic heterocycles. The highest BCUT2D eigenvalue weighted by atomic mass is 35.5. The zero-order valence-corrected chi connectivity index (χ0v) is 26.5. The van der Waals surface area contributed by atoms with Gasteiger partial charge in [-0.1, -0.05) is 49.2 Å². The molecule has 0 saturated heterocycles. The molecule has 0 fully saturated rings. The molecular formula is C31H37Cl2N3O5S. The first-order valence-electron chi connectivity index (χ1n) is 13.9. The van der Waals surface area contributed by atoms with Crippen molar-refractivity contribution in [1.82, 2.24) is 10.2 Å². The number of hydrogen-bond donors (Lipinski definition) is 1. The van der Waals surface area contributed by atoms with Crippen LogP contribution in [0.5, 0.6) is 5.75 Å². The summed E-state index contributed by atoms with van der Waals surface area (Å²) in [5, 5.41) is 3.88. The molecule has 2 amide bonds. The van der Waals surface area contributed by atoms with Gasteiger partial charge in [0.25, 0.3) is 10.0 Å². The third-order valence-corrected chi connectivity index (χ3v) is 9.06. The predicted octanol–water partition coefficient (Wildman–Crippen LogP) is 6.31. The molecule has 0 aliphatic carbocycles. The number of rotatable bonds is 14. The third kappa shape index (κ3) is 8.63. The van der Waals surface area contributed by atoms with Crippen LogP contribution in [-0.4, -0.2) is 50.4 Å². The molecule has 0 spiro atoms. The lowest BCUT2D eigenvalue weighted by molar-refractivity contribution is -0.140. The Kier molecular flexibility index (Phi) is 12.1. The van der Waals surface area contributed by atoms with Crippen LogP contribution >= 0.6 is 23.2 Å². The van der Waals surface area contributed by atoms with Crippen LogP contribution in [0.25, 0.3) is 0 Å². The number of carbonyl (C=O) groups is 2. The van der Waals surface area contributed by atoms with E-state index in [1.807, 2.05) is 27.7 Å². The number of halogens is 2. The lowest BCUT2D eigenvalue weighted by Crippen LogP contribution is -2.53. The molecule has 0 aliphatic rings. The molecular weight excluding hydrogens is 597 g/mol. The number of nitrogens with zero attached hydrogens (tertiary/aromatic N) is 2. The molecule has 3 rings (SSSR count). The maximum Gasteiger partial charge on any atom is 0.264 e. The van der Waals surface area contributed by atoms with Crippen molar-refractivity contribution in [3.8, 4) is 5.75 Å². The van der Waals surface area contributed by atoms with Gasteiger partial charge >= 0.3 is 0 Å². The van der Waals surface area contributed by atoms with E-state index in [2.05, 4.69) is 5.32 Å². The molecule has 0 radical (unpaired) electrons. The summed E-state index contributed by atoms with van der Waals surface area (Å²) in [5.74, 6) is -0.279. The minimum absolute atomic E-state index is 0.0283. The fourth-order valence-corrected chi connectivity index (χ4v) is 5.95. The van der Waals surface area contributed by atoms with Crippen molar-refractivity contribution in [3.05, 3.63) is 88.4 Å². The number of ether oxygens (including phenoxy) is 1. The van der Waals surface area contributed by atoms with E-state index >= 15 is 0 Å². The van der Waals surface area contributed by atoms with E-state index in [9.17, 15) is 18.0 Å². The monoisotopic (exact) mass is 633 g/mol. The molecule has 226 valence electrons. The van der Waals surface area contributed by atoms with Crippen molar-refractivity contribution >= 4 is 50.7 Å². The molecule has 0 heterocycles. The Morgan fingerprint density at radius 3 is 1.95 bits per heavy atom. The molecule has 3 aromatic rings. The summed E-state index contributed by atoms with van der Waals surface area (Å²) in [7, 11) is -4.21. The van der Waals surface area contributed by atoms with Crippen LogP contribution in [0.4, 0.5) is 5.69 Å². The number of amides is 2. The number of nitrogens with one attached hydrogen (secondary N) is 1. The standard InChI is InChI=1S/C31H37Cl2N3O5S/c1-5-22(4)34-31(38)29(6-2)35(20-23-8-10-24(32)11-9-23)30(37)21-36(26-14-16-27(17-15-26)41-7-3)42(39,40)28-18-12-25(33)13-19-28/h8-19,22,29H,5-7,20-21H2,1-4H3,(H,34,38)/t22-,29-/m0/s1. The Bertz CT molecular complexity index is 1430. The molecule has 0 aliphatic heterocycles. The summed E-state index contributed by atoms with van der Waals surface area (Å²) >= 11 is 12.1. The smallest absolute Gasteiger partial charge is 0.264 e. The lowest BCUT2D eigenvalue weighted by atomic mass is 10.1. The highest BCUT2D eigenvalue weighted by molar-refractivity contribution is 7.92. The van der Waals surface area contributed by atoms with Gasteiger partial charge in [0.15, 0.2) is 0 Å². The van der Waals surface area contributed by atoms with E-state index in [0.29, 0.717) is 28.8 Å². The molecule has 0 bridgehead atoms. The molecule has 0 unspecified atom stereocenters. The second-order valence-electron chi connectivity index (χ2n) is 9.78. The molecule has 0 saturated carbocycles. The van der Waals surface area contributed by atoms with Crippen LogP contribution in [0.3, 0.4) is 0 Å². The van der Waals surface area contributed by atoms with Crippen LogP contribution in [0, 0.1) is 0 Å². The molecule has 3 aromatic carbocycles. The number of sulfonamides is 1. The van der Waals surface area contributed by atoms with Gasteiger partial charge in [0.05, 0.1) is 17.2 Å². The zero-order chi connectivity index (χ0) is 30.9. The van der Waals surface area contributed by atoms with Crippen molar-refractivity contribution in [1.29, 1.82) is 0 Å². The molecule has 8 nitrogen and oxygen atoms in total. The highest BCUT2D eigenvalue weighted by Gasteiger charge is 2.34. The van der Waals surface area contributed by atoms with Crippen LogP contribution in [0.1, 0.15) is 46.1 Å². The van der Waals surface area contributed by atoms with Crippen LogP contribution < -0.4 is 14.4 Å². The third-order valence-electron chi connectivity index (χ3n) is 6.77. The van der Waals surface area contributed by atoms with Gasteiger partial charge in [-0.15, -0.1) is 0 Å². The normalized spacial score (nSPS) is 12.7. The average Bonchev–Trinajstić information content (AvgIpc) is 2.97. The maximum atomic E-state index is 14.1. The molecule has 42 heavy (non-hydrogen) atoms. The number of carbonyl (C=O) groups excluding carboxylic acids is 2. The molecule has 1 N–H and O–H groups in total. The van der Waals surface area contributed by atoms with Gasteiger partial charge in [-0.05, 0) is 92.9 Å². The quantitative estimate of drug-likeness (QED) is 0.224. The number of anilines is 1. The summed E-state index contributed by atoms with van der Waals surface area (Å²) in [6.45, 7) is 7.50. The second kappa shape index (κ2) is 15.3. The first-order valence-corrected chi connectivity index (χ1v) is 16.0. The second-order valence-corrected chi connectivity index (χ2v) is 12.5. The van der Waals surface area contributed by atoms with Gasteiger partial charge in [0, 0.05) is 22.6 Å². The summed E-state index contributed by atoms with van der Waals surface area (Å²) in [5.41, 5.74) is 1.01. The van der Waals surface area contributed by atoms with E-state index in [1.54, 1.807) is 48.5 Å². The predicted molar refractivity (Wildman–Crippen MR) is 168 cm³/mol. The first kappa shape index (κ1) is 33.2. The van der Waals surface area contributed by atoms with E-state index in [1.165, 1.54) is 29.2 Å². The van der Waals surface area contributed by atoms with Crippen molar-refractivity contribution in [2.45, 2.75) is 64.1 Å². The lowest BCUT2D eigenvalue weighted by Gasteiger charge is -2.33. The Balaban J connectivity index is 2.05. The van der Waals surface area contributed by atoms with E-state index in [-0.39, 0.29) is 29.1 Å². The van der Waals surface area contributed by atoms with Gasteiger partial charge < -0.3 is 15.0 Å². The summed E-state index contributed by atoms with van der Waals surface area (Å²) in [6.07, 6.45) is 1.05. The Morgan fingerprint density at radius 1 is 0.857 bits per heavy atom. The number of benzene rings is 3. The van der Waals surface area contributed by atoms with Crippen molar-refractivity contribution in [2.75, 3.05) is 17.5 Å². The van der Waals surface area contributed by atoms with Gasteiger partial charge in [0.2, 0.25) is 11.8 Å². The van der Waals surface area contributed by atoms with E-state index in [4.69, 9.17) is 27.9 Å².